The highest BCUT2D eigenvalue weighted by Gasteiger charge is 2.32. The third kappa shape index (κ3) is 4.56. The first-order valence-electron chi connectivity index (χ1n) is 10.3. The molecule has 152 valence electrons. The van der Waals surface area contributed by atoms with Crippen molar-refractivity contribution in [3.63, 3.8) is 0 Å². The summed E-state index contributed by atoms with van der Waals surface area (Å²) in [4.78, 5) is 32.0. The lowest BCUT2D eigenvalue weighted by Gasteiger charge is -2.39. The average molecular weight is 412 g/mol. The molecule has 4 rings (SSSR count). The van der Waals surface area contributed by atoms with Gasteiger partial charge in [0.1, 0.15) is 0 Å². The summed E-state index contributed by atoms with van der Waals surface area (Å²) in [5.74, 6) is 0.0580. The summed E-state index contributed by atoms with van der Waals surface area (Å²) in [5.41, 5.74) is 1.83. The van der Waals surface area contributed by atoms with Crippen LogP contribution in [0, 0.1) is 5.92 Å². The van der Waals surface area contributed by atoms with Crippen LogP contribution in [0.15, 0.2) is 54.6 Å². The van der Waals surface area contributed by atoms with Gasteiger partial charge in [0.2, 0.25) is 5.91 Å². The van der Waals surface area contributed by atoms with Crippen LogP contribution in [0.25, 0.3) is 0 Å². The smallest absolute Gasteiger partial charge is 0.253 e. The minimum Gasteiger partial charge on any atom is -0.368 e. The zero-order valence-corrected chi connectivity index (χ0v) is 17.2. The fourth-order valence-corrected chi connectivity index (χ4v) is 4.35. The van der Waals surface area contributed by atoms with Gasteiger partial charge in [0.25, 0.3) is 5.91 Å². The van der Waals surface area contributed by atoms with Crippen molar-refractivity contribution >= 4 is 29.1 Å². The monoisotopic (exact) mass is 411 g/mol. The lowest BCUT2D eigenvalue weighted by molar-refractivity contribution is -0.137. The largest absolute Gasteiger partial charge is 0.368 e. The quantitative estimate of drug-likeness (QED) is 0.775. The number of para-hydroxylation sites is 1. The number of nitrogens with zero attached hydrogens (tertiary/aromatic N) is 3. The van der Waals surface area contributed by atoms with Crippen LogP contribution in [0.4, 0.5) is 5.69 Å². The third-order valence-electron chi connectivity index (χ3n) is 5.86. The lowest BCUT2D eigenvalue weighted by Crippen LogP contribution is -2.53. The second-order valence-corrected chi connectivity index (χ2v) is 8.18. The first kappa shape index (κ1) is 19.8. The van der Waals surface area contributed by atoms with Gasteiger partial charge in [0, 0.05) is 55.5 Å². The fourth-order valence-electron chi connectivity index (χ4n) is 4.22. The number of carbonyl (C=O) groups is 2. The van der Waals surface area contributed by atoms with Gasteiger partial charge < -0.3 is 14.7 Å². The molecule has 2 amide bonds. The number of hydrogen-bond acceptors (Lipinski definition) is 3. The van der Waals surface area contributed by atoms with Crippen LogP contribution in [-0.2, 0) is 4.79 Å². The van der Waals surface area contributed by atoms with E-state index in [2.05, 4.69) is 17.0 Å². The molecule has 6 heteroatoms. The maximum Gasteiger partial charge on any atom is 0.253 e. The standard InChI is InChI=1S/C23H26ClN3O2/c24-20-10-8-18(9-11-20)22(28)27-12-4-5-19(17-27)23(29)26-15-13-25(14-16-26)21-6-2-1-3-7-21/h1-3,6-11,19H,4-5,12-17H2/t19-/m0/s1. The van der Waals surface area contributed by atoms with E-state index in [9.17, 15) is 9.59 Å². The maximum atomic E-state index is 13.1. The Morgan fingerprint density at radius 1 is 0.828 bits per heavy atom. The van der Waals surface area contributed by atoms with E-state index in [1.807, 2.05) is 28.0 Å². The zero-order valence-electron chi connectivity index (χ0n) is 16.5. The Balaban J connectivity index is 1.34. The van der Waals surface area contributed by atoms with Crippen molar-refractivity contribution in [1.29, 1.82) is 0 Å². The highest BCUT2D eigenvalue weighted by Crippen LogP contribution is 2.23. The van der Waals surface area contributed by atoms with E-state index in [0.717, 1.165) is 39.0 Å². The molecule has 5 nitrogen and oxygen atoms in total. The molecular weight excluding hydrogens is 386 g/mol. The molecule has 0 spiro atoms. The van der Waals surface area contributed by atoms with E-state index >= 15 is 0 Å². The maximum absolute atomic E-state index is 13.1. The van der Waals surface area contributed by atoms with Crippen molar-refractivity contribution in [3.8, 4) is 0 Å². The van der Waals surface area contributed by atoms with Crippen LogP contribution in [0.2, 0.25) is 5.02 Å². The molecule has 0 N–H and O–H groups in total. The predicted octanol–water partition coefficient (Wildman–Crippen LogP) is 3.54. The topological polar surface area (TPSA) is 43.9 Å². The van der Waals surface area contributed by atoms with Gasteiger partial charge in [-0.15, -0.1) is 0 Å². The molecule has 0 radical (unpaired) electrons. The molecule has 2 aliphatic rings. The summed E-state index contributed by atoms with van der Waals surface area (Å²) >= 11 is 5.92. The number of piperazine rings is 1. The number of halogens is 1. The number of piperidine rings is 1. The molecule has 0 aromatic heterocycles. The Kier molecular flexibility index (Phi) is 6.05. The van der Waals surface area contributed by atoms with E-state index in [-0.39, 0.29) is 17.7 Å². The second-order valence-electron chi connectivity index (χ2n) is 7.75. The molecule has 2 aromatic carbocycles. The molecular formula is C23H26ClN3O2. The van der Waals surface area contributed by atoms with Crippen molar-refractivity contribution in [2.75, 3.05) is 44.2 Å². The van der Waals surface area contributed by atoms with E-state index in [0.29, 0.717) is 23.7 Å². The van der Waals surface area contributed by atoms with E-state index < -0.39 is 0 Å². The van der Waals surface area contributed by atoms with Crippen molar-refractivity contribution in [2.45, 2.75) is 12.8 Å². The number of carbonyl (C=O) groups excluding carboxylic acids is 2. The van der Waals surface area contributed by atoms with Gasteiger partial charge >= 0.3 is 0 Å². The molecule has 1 atom stereocenters. The molecule has 0 unspecified atom stereocenters. The van der Waals surface area contributed by atoms with Gasteiger partial charge in [0.15, 0.2) is 0 Å². The van der Waals surface area contributed by atoms with Gasteiger partial charge in [-0.25, -0.2) is 0 Å². The fraction of sp³-hybridized carbons (Fsp3) is 0.391. The van der Waals surface area contributed by atoms with Crippen LogP contribution in [0.1, 0.15) is 23.2 Å². The van der Waals surface area contributed by atoms with Gasteiger partial charge in [-0.2, -0.15) is 0 Å². The second kappa shape index (κ2) is 8.87. The molecule has 2 heterocycles. The summed E-state index contributed by atoms with van der Waals surface area (Å²) in [5, 5.41) is 0.614. The SMILES string of the molecule is O=C(c1ccc(Cl)cc1)N1CCC[C@H](C(=O)N2CCN(c3ccccc3)CC2)C1. The van der Waals surface area contributed by atoms with Gasteiger partial charge in [-0.05, 0) is 49.2 Å². The summed E-state index contributed by atoms with van der Waals surface area (Å²) in [6.45, 7) is 4.35. The van der Waals surface area contributed by atoms with E-state index in [1.165, 1.54) is 5.69 Å². The first-order chi connectivity index (χ1) is 14.1. The molecule has 0 bridgehead atoms. The minimum absolute atomic E-state index is 0.0203. The first-order valence-corrected chi connectivity index (χ1v) is 10.6. The molecule has 0 saturated carbocycles. The Labute approximate surface area is 176 Å². The summed E-state index contributed by atoms with van der Waals surface area (Å²) in [6.07, 6.45) is 1.71. The highest BCUT2D eigenvalue weighted by molar-refractivity contribution is 6.30. The Morgan fingerprint density at radius 2 is 1.52 bits per heavy atom. The molecule has 2 saturated heterocycles. The molecule has 2 aliphatic heterocycles. The van der Waals surface area contributed by atoms with Crippen LogP contribution >= 0.6 is 11.6 Å². The molecule has 0 aliphatic carbocycles. The summed E-state index contributed by atoms with van der Waals surface area (Å²) < 4.78 is 0. The van der Waals surface area contributed by atoms with Crippen LogP contribution < -0.4 is 4.90 Å². The van der Waals surface area contributed by atoms with E-state index in [4.69, 9.17) is 11.6 Å². The van der Waals surface area contributed by atoms with Crippen LogP contribution in [0.5, 0.6) is 0 Å². The number of anilines is 1. The lowest BCUT2D eigenvalue weighted by atomic mass is 9.95. The zero-order chi connectivity index (χ0) is 20.2. The Morgan fingerprint density at radius 3 is 2.21 bits per heavy atom. The third-order valence-corrected chi connectivity index (χ3v) is 6.11. The highest BCUT2D eigenvalue weighted by atomic mass is 35.5. The molecule has 2 fully saturated rings. The Hall–Kier alpha value is -2.53. The number of amides is 2. The van der Waals surface area contributed by atoms with Gasteiger partial charge in [-0.3, -0.25) is 9.59 Å². The van der Waals surface area contributed by atoms with Gasteiger partial charge in [-0.1, -0.05) is 29.8 Å². The van der Waals surface area contributed by atoms with Crippen LogP contribution in [-0.4, -0.2) is 60.9 Å². The number of hydrogen-bond donors (Lipinski definition) is 0. The number of rotatable bonds is 3. The predicted molar refractivity (Wildman–Crippen MR) is 115 cm³/mol. The van der Waals surface area contributed by atoms with Crippen molar-refractivity contribution in [2.24, 2.45) is 5.92 Å². The molecule has 29 heavy (non-hydrogen) atoms. The van der Waals surface area contributed by atoms with Gasteiger partial charge in [0.05, 0.1) is 5.92 Å². The minimum atomic E-state index is -0.108. The summed E-state index contributed by atoms with van der Waals surface area (Å²) in [6, 6.07) is 17.3. The number of likely N-dealkylation sites (tertiary alicyclic amines) is 1. The van der Waals surface area contributed by atoms with Crippen molar-refractivity contribution < 1.29 is 9.59 Å². The van der Waals surface area contributed by atoms with Crippen LogP contribution in [0.3, 0.4) is 0 Å². The Bertz CT molecular complexity index is 848. The normalized spacial score (nSPS) is 19.9. The van der Waals surface area contributed by atoms with E-state index in [1.54, 1.807) is 24.3 Å². The molecule has 2 aromatic rings. The summed E-state index contributed by atoms with van der Waals surface area (Å²) in [7, 11) is 0. The average Bonchev–Trinajstić information content (AvgIpc) is 2.79. The van der Waals surface area contributed by atoms with Crippen molar-refractivity contribution in [1.82, 2.24) is 9.80 Å². The number of benzene rings is 2. The van der Waals surface area contributed by atoms with Crippen molar-refractivity contribution in [3.05, 3.63) is 65.2 Å².